The van der Waals surface area contributed by atoms with Gasteiger partial charge in [0.05, 0.1) is 0 Å². The average Bonchev–Trinajstić information content (AvgIpc) is 2.18. The van der Waals surface area contributed by atoms with Gasteiger partial charge in [-0.1, -0.05) is 30.3 Å². The van der Waals surface area contributed by atoms with Crippen LogP contribution in [0.1, 0.15) is 5.56 Å². The molecule has 4 heteroatoms. The first kappa shape index (κ1) is 10.3. The van der Waals surface area contributed by atoms with Crippen LogP contribution in [0.15, 0.2) is 42.6 Å². The molecule has 0 bridgehead atoms. The van der Waals surface area contributed by atoms with Gasteiger partial charge in [0.1, 0.15) is 0 Å². The zero-order valence-corrected chi connectivity index (χ0v) is 7.60. The molecule has 0 aliphatic rings. The van der Waals surface area contributed by atoms with Crippen molar-refractivity contribution < 1.29 is 9.90 Å². The van der Waals surface area contributed by atoms with Crippen molar-refractivity contribution >= 4 is 5.97 Å². The van der Waals surface area contributed by atoms with Crippen molar-refractivity contribution in [1.29, 1.82) is 0 Å². The van der Waals surface area contributed by atoms with Gasteiger partial charge >= 0.3 is 5.97 Å². The summed E-state index contributed by atoms with van der Waals surface area (Å²) in [6.45, 7) is 0.644. The van der Waals surface area contributed by atoms with Crippen LogP contribution in [-0.2, 0) is 11.3 Å². The summed E-state index contributed by atoms with van der Waals surface area (Å²) >= 11 is 0. The summed E-state index contributed by atoms with van der Waals surface area (Å²) in [5, 5.41) is 8.28. The van der Waals surface area contributed by atoms with E-state index in [0.717, 1.165) is 11.6 Å². The first-order chi connectivity index (χ1) is 6.79. The molecule has 1 aromatic carbocycles. The van der Waals surface area contributed by atoms with E-state index in [1.54, 1.807) is 0 Å². The molecule has 0 unspecified atom stereocenters. The Morgan fingerprint density at radius 3 is 2.71 bits per heavy atom. The number of hydrogen-bond donors (Lipinski definition) is 3. The molecule has 0 aliphatic carbocycles. The van der Waals surface area contributed by atoms with Gasteiger partial charge in [0.2, 0.25) is 0 Å². The maximum atomic E-state index is 10.1. The first-order valence-corrected chi connectivity index (χ1v) is 4.21. The number of hydrogen-bond acceptors (Lipinski definition) is 3. The molecule has 0 aliphatic heterocycles. The number of benzene rings is 1. The maximum absolute atomic E-state index is 10.1. The maximum Gasteiger partial charge on any atom is 0.329 e. The second kappa shape index (κ2) is 5.77. The predicted molar refractivity (Wildman–Crippen MR) is 53.2 cm³/mol. The molecular weight excluding hydrogens is 180 g/mol. The van der Waals surface area contributed by atoms with Crippen molar-refractivity contribution in [3.05, 3.63) is 48.2 Å². The van der Waals surface area contributed by atoms with Gasteiger partial charge < -0.3 is 10.5 Å². The SMILES string of the molecule is O=C(O)/C=C/NNCc1ccccc1. The van der Waals surface area contributed by atoms with Crippen molar-refractivity contribution in [3.63, 3.8) is 0 Å². The molecule has 0 spiro atoms. The minimum Gasteiger partial charge on any atom is -0.478 e. The fourth-order valence-electron chi connectivity index (χ4n) is 0.921. The van der Waals surface area contributed by atoms with Crippen molar-refractivity contribution in [2.75, 3.05) is 0 Å². The minimum absolute atomic E-state index is 0.644. The Bertz CT molecular complexity index is 309. The largest absolute Gasteiger partial charge is 0.478 e. The highest BCUT2D eigenvalue weighted by molar-refractivity contribution is 5.79. The second-order valence-electron chi connectivity index (χ2n) is 2.66. The summed E-state index contributed by atoms with van der Waals surface area (Å²) < 4.78 is 0. The molecule has 74 valence electrons. The molecule has 4 nitrogen and oxygen atoms in total. The second-order valence-corrected chi connectivity index (χ2v) is 2.66. The molecule has 14 heavy (non-hydrogen) atoms. The van der Waals surface area contributed by atoms with E-state index >= 15 is 0 Å². The summed E-state index contributed by atoms with van der Waals surface area (Å²) in [5.74, 6) is -0.973. The molecule has 3 N–H and O–H groups in total. The number of carboxylic acids is 1. The quantitative estimate of drug-likeness (QED) is 0.368. The molecule has 0 atom stereocenters. The third-order valence-electron chi connectivity index (χ3n) is 1.55. The number of carboxylic acid groups (broad SMARTS) is 1. The standard InChI is InChI=1S/C10H12N2O2/c13-10(14)6-7-11-12-8-9-4-2-1-3-5-9/h1-7,11-12H,8H2,(H,13,14)/b7-6+. The highest BCUT2D eigenvalue weighted by Crippen LogP contribution is 1.95. The van der Waals surface area contributed by atoms with Crippen LogP contribution in [0.2, 0.25) is 0 Å². The highest BCUT2D eigenvalue weighted by atomic mass is 16.4. The van der Waals surface area contributed by atoms with Crippen molar-refractivity contribution in [2.45, 2.75) is 6.54 Å². The van der Waals surface area contributed by atoms with Crippen LogP contribution in [0.25, 0.3) is 0 Å². The van der Waals surface area contributed by atoms with Gasteiger partial charge in [-0.25, -0.2) is 10.2 Å². The summed E-state index contributed by atoms with van der Waals surface area (Å²) in [4.78, 5) is 10.1. The summed E-state index contributed by atoms with van der Waals surface area (Å²) in [6, 6.07) is 9.81. The number of rotatable bonds is 5. The van der Waals surface area contributed by atoms with Crippen LogP contribution in [0.3, 0.4) is 0 Å². The molecule has 0 saturated heterocycles. The number of nitrogens with one attached hydrogen (secondary N) is 2. The van der Waals surface area contributed by atoms with Crippen LogP contribution in [0.5, 0.6) is 0 Å². The Morgan fingerprint density at radius 2 is 2.07 bits per heavy atom. The zero-order valence-electron chi connectivity index (χ0n) is 7.60. The van der Waals surface area contributed by atoms with E-state index in [1.807, 2.05) is 30.3 Å². The summed E-state index contributed by atoms with van der Waals surface area (Å²) in [6.07, 6.45) is 2.36. The lowest BCUT2D eigenvalue weighted by molar-refractivity contribution is -0.131. The molecule has 1 aromatic rings. The lowest BCUT2D eigenvalue weighted by Crippen LogP contribution is -2.26. The Labute approximate surface area is 82.2 Å². The molecule has 0 aromatic heterocycles. The minimum atomic E-state index is -0.973. The van der Waals surface area contributed by atoms with Gasteiger partial charge in [-0.05, 0) is 5.56 Å². The van der Waals surface area contributed by atoms with Crippen LogP contribution in [-0.4, -0.2) is 11.1 Å². The van der Waals surface area contributed by atoms with Crippen LogP contribution in [0.4, 0.5) is 0 Å². The first-order valence-electron chi connectivity index (χ1n) is 4.21. The van der Waals surface area contributed by atoms with Gasteiger partial charge in [0.15, 0.2) is 0 Å². The van der Waals surface area contributed by atoms with E-state index in [4.69, 9.17) is 5.11 Å². The van der Waals surface area contributed by atoms with E-state index in [9.17, 15) is 4.79 Å². The average molecular weight is 192 g/mol. The van der Waals surface area contributed by atoms with Gasteiger partial charge in [-0.3, -0.25) is 0 Å². The fourth-order valence-corrected chi connectivity index (χ4v) is 0.921. The summed E-state index contributed by atoms with van der Waals surface area (Å²) in [5.41, 5.74) is 6.64. The van der Waals surface area contributed by atoms with E-state index in [2.05, 4.69) is 10.9 Å². The number of carbonyl (C=O) groups is 1. The monoisotopic (exact) mass is 192 g/mol. The van der Waals surface area contributed by atoms with Gasteiger partial charge in [-0.2, -0.15) is 0 Å². The van der Waals surface area contributed by atoms with E-state index in [0.29, 0.717) is 6.54 Å². The third-order valence-corrected chi connectivity index (χ3v) is 1.55. The Hall–Kier alpha value is -1.81. The number of hydrazine groups is 1. The van der Waals surface area contributed by atoms with Gasteiger partial charge in [0.25, 0.3) is 0 Å². The van der Waals surface area contributed by atoms with Gasteiger partial charge in [-0.15, -0.1) is 0 Å². The van der Waals surface area contributed by atoms with Crippen LogP contribution >= 0.6 is 0 Å². The molecule has 0 radical (unpaired) electrons. The Balaban J connectivity index is 2.19. The zero-order chi connectivity index (χ0) is 10.2. The molecule has 0 saturated carbocycles. The molecule has 0 amide bonds. The predicted octanol–water partition coefficient (Wildman–Crippen LogP) is 0.879. The van der Waals surface area contributed by atoms with Crippen molar-refractivity contribution in [3.8, 4) is 0 Å². The lowest BCUT2D eigenvalue weighted by atomic mass is 10.2. The lowest BCUT2D eigenvalue weighted by Gasteiger charge is -2.02. The molecule has 1 rings (SSSR count). The van der Waals surface area contributed by atoms with Gasteiger partial charge in [0, 0.05) is 18.8 Å². The van der Waals surface area contributed by atoms with E-state index in [-0.39, 0.29) is 0 Å². The van der Waals surface area contributed by atoms with E-state index < -0.39 is 5.97 Å². The Morgan fingerprint density at radius 1 is 1.36 bits per heavy atom. The number of aliphatic carboxylic acids is 1. The fraction of sp³-hybridized carbons (Fsp3) is 0.100. The smallest absolute Gasteiger partial charge is 0.329 e. The third kappa shape index (κ3) is 4.27. The summed E-state index contributed by atoms with van der Waals surface area (Å²) in [7, 11) is 0. The Kier molecular flexibility index (Phi) is 4.23. The van der Waals surface area contributed by atoms with Crippen LogP contribution in [0, 0.1) is 0 Å². The normalized spacial score (nSPS) is 10.3. The topological polar surface area (TPSA) is 61.4 Å². The van der Waals surface area contributed by atoms with Crippen LogP contribution < -0.4 is 10.9 Å². The molecule has 0 fully saturated rings. The molecule has 0 heterocycles. The highest BCUT2D eigenvalue weighted by Gasteiger charge is 1.87. The van der Waals surface area contributed by atoms with E-state index in [1.165, 1.54) is 6.20 Å². The van der Waals surface area contributed by atoms with Crippen molar-refractivity contribution in [2.24, 2.45) is 0 Å². The van der Waals surface area contributed by atoms with Crippen molar-refractivity contribution in [1.82, 2.24) is 10.9 Å². The molecular formula is C10H12N2O2.